The van der Waals surface area contributed by atoms with Crippen LogP contribution < -0.4 is 4.74 Å². The van der Waals surface area contributed by atoms with Crippen LogP contribution in [0.4, 0.5) is 4.39 Å². The third-order valence-corrected chi connectivity index (χ3v) is 4.47. The van der Waals surface area contributed by atoms with Gasteiger partial charge in [0.1, 0.15) is 6.61 Å². The average molecular weight is 366 g/mol. The molecule has 0 saturated heterocycles. The van der Waals surface area contributed by atoms with E-state index in [0.29, 0.717) is 37.7 Å². The normalized spacial score (nSPS) is 13.3. The first kappa shape index (κ1) is 17.2. The zero-order valence-electron chi connectivity index (χ0n) is 14.9. The monoisotopic (exact) mass is 366 g/mol. The van der Waals surface area contributed by atoms with E-state index in [1.165, 1.54) is 12.3 Å². The smallest absolute Gasteiger partial charge is 0.275 e. The van der Waals surface area contributed by atoms with Crippen molar-refractivity contribution in [3.8, 4) is 5.88 Å². The lowest BCUT2D eigenvalue weighted by Crippen LogP contribution is -2.39. The first-order valence-electron chi connectivity index (χ1n) is 8.75. The van der Waals surface area contributed by atoms with Crippen LogP contribution in [0, 0.1) is 12.7 Å². The second-order valence-electron chi connectivity index (χ2n) is 6.54. The molecule has 0 unspecified atom stereocenters. The minimum absolute atomic E-state index is 0.144. The third kappa shape index (κ3) is 3.67. The average Bonchev–Trinajstić information content (AvgIpc) is 3.09. The largest absolute Gasteiger partial charge is 0.472 e. The number of hydrogen-bond acceptors (Lipinski definition) is 4. The van der Waals surface area contributed by atoms with Crippen LogP contribution in [0.3, 0.4) is 0 Å². The Kier molecular flexibility index (Phi) is 4.58. The van der Waals surface area contributed by atoms with E-state index >= 15 is 0 Å². The lowest BCUT2D eigenvalue weighted by molar-refractivity contribution is 0.0694. The van der Waals surface area contributed by atoms with Gasteiger partial charge in [0, 0.05) is 18.8 Å². The van der Waals surface area contributed by atoms with E-state index in [9.17, 15) is 9.18 Å². The van der Waals surface area contributed by atoms with Crippen LogP contribution in [0.5, 0.6) is 5.88 Å². The zero-order valence-corrected chi connectivity index (χ0v) is 14.9. The van der Waals surface area contributed by atoms with Gasteiger partial charge in [-0.25, -0.2) is 9.37 Å². The van der Waals surface area contributed by atoms with Crippen LogP contribution in [0.1, 0.15) is 27.3 Å². The molecule has 1 aromatic carbocycles. The number of ether oxygens (including phenoxy) is 1. The number of aryl methyl sites for hydroxylation is 1. The Hall–Kier alpha value is -3.22. The topological polar surface area (TPSA) is 60.2 Å². The van der Waals surface area contributed by atoms with E-state index in [4.69, 9.17) is 4.74 Å². The van der Waals surface area contributed by atoms with Gasteiger partial charge in [-0.1, -0.05) is 30.3 Å². The van der Waals surface area contributed by atoms with Crippen LogP contribution in [0.15, 0.2) is 48.7 Å². The van der Waals surface area contributed by atoms with Crippen LogP contribution >= 0.6 is 0 Å². The Balaban J connectivity index is 1.45. The number of rotatable bonds is 4. The third-order valence-electron chi connectivity index (χ3n) is 4.47. The molecular weight excluding hydrogens is 347 g/mol. The lowest BCUT2D eigenvalue weighted by atomic mass is 10.2. The number of benzene rings is 1. The molecule has 4 rings (SSSR count). The van der Waals surface area contributed by atoms with Gasteiger partial charge in [-0.05, 0) is 24.1 Å². The molecule has 1 amide bonds. The van der Waals surface area contributed by atoms with Crippen LogP contribution in [-0.2, 0) is 19.7 Å². The van der Waals surface area contributed by atoms with E-state index < -0.39 is 11.7 Å². The summed E-state index contributed by atoms with van der Waals surface area (Å²) in [7, 11) is 0. The quantitative estimate of drug-likeness (QED) is 0.712. The first-order chi connectivity index (χ1) is 13.1. The molecule has 138 valence electrons. The van der Waals surface area contributed by atoms with E-state index in [-0.39, 0.29) is 5.69 Å². The number of pyridine rings is 1. The van der Waals surface area contributed by atoms with Crippen molar-refractivity contribution in [2.24, 2.45) is 0 Å². The fourth-order valence-electron chi connectivity index (χ4n) is 3.06. The SMILES string of the molecule is Cc1cnc(C(=O)N2CCn3nc(OCc4ccccc4)cc3C2)c(F)c1. The summed E-state index contributed by atoms with van der Waals surface area (Å²) in [5, 5.41) is 4.43. The van der Waals surface area contributed by atoms with Gasteiger partial charge < -0.3 is 9.64 Å². The maximum atomic E-state index is 14.1. The van der Waals surface area contributed by atoms with Crippen molar-refractivity contribution in [2.45, 2.75) is 26.6 Å². The molecule has 0 bridgehead atoms. The van der Waals surface area contributed by atoms with Gasteiger partial charge in [0.2, 0.25) is 5.88 Å². The Morgan fingerprint density at radius 3 is 2.81 bits per heavy atom. The molecule has 0 radical (unpaired) electrons. The molecule has 1 aliphatic heterocycles. The number of amides is 1. The predicted octanol–water partition coefficient (Wildman–Crippen LogP) is 2.96. The first-order valence-corrected chi connectivity index (χ1v) is 8.75. The zero-order chi connectivity index (χ0) is 18.8. The Morgan fingerprint density at radius 2 is 2.04 bits per heavy atom. The van der Waals surface area contributed by atoms with Gasteiger partial charge in [-0.3, -0.25) is 9.48 Å². The molecule has 6 nitrogen and oxygen atoms in total. The van der Waals surface area contributed by atoms with E-state index in [1.54, 1.807) is 11.8 Å². The molecule has 0 N–H and O–H groups in total. The summed E-state index contributed by atoms with van der Waals surface area (Å²) < 4.78 is 21.6. The summed E-state index contributed by atoms with van der Waals surface area (Å²) in [6.45, 7) is 3.48. The fourth-order valence-corrected chi connectivity index (χ4v) is 3.06. The van der Waals surface area contributed by atoms with E-state index in [2.05, 4.69) is 10.1 Å². The number of aromatic nitrogens is 3. The van der Waals surface area contributed by atoms with Gasteiger partial charge in [0.25, 0.3) is 5.91 Å². The minimum Gasteiger partial charge on any atom is -0.472 e. The fraction of sp³-hybridized carbons (Fsp3) is 0.250. The molecule has 0 fully saturated rings. The van der Waals surface area contributed by atoms with Crippen molar-refractivity contribution in [2.75, 3.05) is 6.54 Å². The number of nitrogens with zero attached hydrogens (tertiary/aromatic N) is 4. The van der Waals surface area contributed by atoms with Gasteiger partial charge >= 0.3 is 0 Å². The van der Waals surface area contributed by atoms with Crippen LogP contribution in [0.2, 0.25) is 0 Å². The highest BCUT2D eigenvalue weighted by molar-refractivity contribution is 5.92. The van der Waals surface area contributed by atoms with Crippen molar-refractivity contribution in [1.82, 2.24) is 19.7 Å². The molecule has 0 spiro atoms. The van der Waals surface area contributed by atoms with E-state index in [1.807, 2.05) is 41.1 Å². The van der Waals surface area contributed by atoms with Crippen molar-refractivity contribution >= 4 is 5.91 Å². The Morgan fingerprint density at radius 1 is 1.22 bits per heavy atom. The molecule has 3 aromatic rings. The van der Waals surface area contributed by atoms with Crippen molar-refractivity contribution in [3.05, 3.63) is 77.0 Å². The summed E-state index contributed by atoms with van der Waals surface area (Å²) in [6.07, 6.45) is 1.50. The van der Waals surface area contributed by atoms with Crippen LogP contribution in [-0.4, -0.2) is 32.1 Å². The summed E-state index contributed by atoms with van der Waals surface area (Å²) >= 11 is 0. The maximum Gasteiger partial charge on any atom is 0.275 e. The standard InChI is InChI=1S/C20H19FN4O2/c1-14-9-17(21)19(22-11-14)20(26)24-7-8-25-16(12-24)10-18(23-25)27-13-15-5-3-2-4-6-15/h2-6,9-11H,7-8,12-13H2,1H3. The summed E-state index contributed by atoms with van der Waals surface area (Å²) in [6, 6.07) is 13.0. The van der Waals surface area contributed by atoms with Gasteiger partial charge in [0.15, 0.2) is 11.5 Å². The predicted molar refractivity (Wildman–Crippen MR) is 96.7 cm³/mol. The minimum atomic E-state index is -0.592. The number of carbonyl (C=O) groups is 1. The number of carbonyl (C=O) groups excluding carboxylic acids is 1. The van der Waals surface area contributed by atoms with Crippen molar-refractivity contribution in [3.63, 3.8) is 0 Å². The number of hydrogen-bond donors (Lipinski definition) is 0. The van der Waals surface area contributed by atoms with Crippen molar-refractivity contribution in [1.29, 1.82) is 0 Å². The Bertz CT molecular complexity index is 971. The highest BCUT2D eigenvalue weighted by Crippen LogP contribution is 2.21. The Labute approximate surface area is 156 Å². The molecule has 2 aromatic heterocycles. The molecule has 0 aliphatic carbocycles. The number of halogens is 1. The summed E-state index contributed by atoms with van der Waals surface area (Å²) in [5.74, 6) is -0.486. The summed E-state index contributed by atoms with van der Waals surface area (Å²) in [5.41, 5.74) is 2.45. The van der Waals surface area contributed by atoms with Gasteiger partial charge in [-0.15, -0.1) is 5.10 Å². The van der Waals surface area contributed by atoms with Crippen molar-refractivity contribution < 1.29 is 13.9 Å². The van der Waals surface area contributed by atoms with Gasteiger partial charge in [0.05, 0.1) is 18.8 Å². The molecule has 27 heavy (non-hydrogen) atoms. The molecule has 1 aliphatic rings. The van der Waals surface area contributed by atoms with Gasteiger partial charge in [-0.2, -0.15) is 0 Å². The molecule has 3 heterocycles. The molecule has 0 atom stereocenters. The lowest BCUT2D eigenvalue weighted by Gasteiger charge is -2.27. The second-order valence-corrected chi connectivity index (χ2v) is 6.54. The second kappa shape index (κ2) is 7.19. The highest BCUT2D eigenvalue weighted by Gasteiger charge is 2.26. The highest BCUT2D eigenvalue weighted by atomic mass is 19.1. The molecule has 7 heteroatoms. The summed E-state index contributed by atoms with van der Waals surface area (Å²) in [4.78, 5) is 18.2. The molecular formula is C20H19FN4O2. The van der Waals surface area contributed by atoms with Crippen LogP contribution in [0.25, 0.3) is 0 Å². The van der Waals surface area contributed by atoms with E-state index in [0.717, 1.165) is 11.3 Å². The number of fused-ring (bicyclic) bond motifs is 1. The maximum absolute atomic E-state index is 14.1. The molecule has 0 saturated carbocycles.